The van der Waals surface area contributed by atoms with Gasteiger partial charge in [-0.1, -0.05) is 182 Å². The molecule has 12 rings (SSSR count). The van der Waals surface area contributed by atoms with E-state index in [2.05, 4.69) is 188 Å². The minimum absolute atomic E-state index is 0.659. The van der Waals surface area contributed by atoms with Gasteiger partial charge in [-0.15, -0.1) is 0 Å². The lowest BCUT2D eigenvalue weighted by atomic mass is 9.93. The normalized spacial score (nSPS) is 11.7. The topological polar surface area (TPSA) is 51.6 Å². The SMILES string of the molecule is c1ccc(-c2nc(-c3ccc(-c4nc(-c5cc6ccccc6c6ccccc56)cc(-c5cc6ccccc6c6ccccc56)n4)cc3)c3ccc4ccccc4c3n2)cc1. The van der Waals surface area contributed by atoms with Gasteiger partial charge < -0.3 is 0 Å². The van der Waals surface area contributed by atoms with Crippen molar-refractivity contribution in [1.29, 1.82) is 0 Å². The van der Waals surface area contributed by atoms with Crippen LogP contribution in [0.1, 0.15) is 0 Å². The quantitative estimate of drug-likeness (QED) is 0.164. The standard InChI is InChI=1S/C56H34N4/c1-2-15-37(16-3-1)56-59-53(48-31-30-35-14-4-9-21-43(35)54(48)60-56)36-26-28-38(29-27-36)55-57-51(49-32-39-17-5-7-19-41(39)44-22-10-12-24-46(44)49)34-52(58-55)50-33-40-18-6-8-20-42(40)45-23-11-13-25-47(45)50/h1-34H. The molecule has 278 valence electrons. The summed E-state index contributed by atoms with van der Waals surface area (Å²) in [5.41, 5.74) is 8.61. The van der Waals surface area contributed by atoms with Gasteiger partial charge in [-0.2, -0.15) is 0 Å². The van der Waals surface area contributed by atoms with Gasteiger partial charge in [0.25, 0.3) is 0 Å². The Kier molecular flexibility index (Phi) is 7.82. The van der Waals surface area contributed by atoms with E-state index in [1.807, 2.05) is 18.2 Å². The summed E-state index contributed by atoms with van der Waals surface area (Å²) >= 11 is 0. The molecule has 4 heteroatoms. The highest BCUT2D eigenvalue weighted by molar-refractivity contribution is 6.15. The molecule has 60 heavy (non-hydrogen) atoms. The molecule has 2 heterocycles. The first kappa shape index (κ1) is 34.0. The molecule has 4 nitrogen and oxygen atoms in total. The summed E-state index contributed by atoms with van der Waals surface area (Å²) in [6.07, 6.45) is 0. The van der Waals surface area contributed by atoms with Gasteiger partial charge in [0, 0.05) is 38.6 Å². The lowest BCUT2D eigenvalue weighted by Crippen LogP contribution is -1.98. The van der Waals surface area contributed by atoms with Gasteiger partial charge in [0.1, 0.15) is 0 Å². The van der Waals surface area contributed by atoms with Crippen LogP contribution in [0.5, 0.6) is 0 Å². The van der Waals surface area contributed by atoms with Crippen molar-refractivity contribution in [3.63, 3.8) is 0 Å². The van der Waals surface area contributed by atoms with E-state index >= 15 is 0 Å². The van der Waals surface area contributed by atoms with E-state index in [4.69, 9.17) is 19.9 Å². The number of nitrogens with zero attached hydrogens (tertiary/aromatic N) is 4. The molecule has 0 bridgehead atoms. The van der Waals surface area contributed by atoms with Gasteiger partial charge in [-0.3, -0.25) is 0 Å². The average molecular weight is 763 g/mol. The van der Waals surface area contributed by atoms with Crippen LogP contribution in [0.15, 0.2) is 206 Å². The van der Waals surface area contributed by atoms with Crippen molar-refractivity contribution < 1.29 is 0 Å². The highest BCUT2D eigenvalue weighted by atomic mass is 14.9. The Labute approximate surface area is 346 Å². The first-order chi connectivity index (χ1) is 29.7. The second-order valence-corrected chi connectivity index (χ2v) is 15.4. The van der Waals surface area contributed by atoms with Crippen molar-refractivity contribution in [1.82, 2.24) is 19.9 Å². The number of hydrogen-bond donors (Lipinski definition) is 0. The average Bonchev–Trinajstić information content (AvgIpc) is 3.33. The molecule has 10 aromatic carbocycles. The first-order valence-corrected chi connectivity index (χ1v) is 20.3. The molecule has 0 unspecified atom stereocenters. The van der Waals surface area contributed by atoms with Crippen LogP contribution in [0.3, 0.4) is 0 Å². The molecular formula is C56H34N4. The summed E-state index contributed by atoms with van der Waals surface area (Å²) in [5.74, 6) is 1.36. The van der Waals surface area contributed by atoms with Crippen LogP contribution in [0.2, 0.25) is 0 Å². The molecule has 0 aliphatic heterocycles. The van der Waals surface area contributed by atoms with Crippen molar-refractivity contribution in [3.05, 3.63) is 206 Å². The highest BCUT2D eigenvalue weighted by Crippen LogP contribution is 2.40. The van der Waals surface area contributed by atoms with Gasteiger partial charge in [0.2, 0.25) is 0 Å². The van der Waals surface area contributed by atoms with Crippen LogP contribution in [0.25, 0.3) is 121 Å². The highest BCUT2D eigenvalue weighted by Gasteiger charge is 2.18. The van der Waals surface area contributed by atoms with Crippen LogP contribution >= 0.6 is 0 Å². The summed E-state index contributed by atoms with van der Waals surface area (Å²) < 4.78 is 0. The third-order valence-electron chi connectivity index (χ3n) is 11.9. The van der Waals surface area contributed by atoms with E-state index in [1.165, 1.54) is 32.3 Å². The van der Waals surface area contributed by atoms with Crippen molar-refractivity contribution in [2.24, 2.45) is 0 Å². The monoisotopic (exact) mass is 762 g/mol. The Balaban J connectivity index is 1.08. The summed E-state index contributed by atoms with van der Waals surface area (Å²) in [4.78, 5) is 21.2. The molecule has 0 saturated heterocycles. The number of rotatable bonds is 5. The molecule has 0 spiro atoms. The van der Waals surface area contributed by atoms with Gasteiger partial charge in [-0.05, 0) is 72.7 Å². The van der Waals surface area contributed by atoms with Crippen molar-refractivity contribution in [3.8, 4) is 56.5 Å². The van der Waals surface area contributed by atoms with E-state index in [-0.39, 0.29) is 0 Å². The van der Waals surface area contributed by atoms with Crippen LogP contribution in [-0.4, -0.2) is 19.9 Å². The molecule has 0 radical (unpaired) electrons. The molecule has 12 aromatic rings. The summed E-state index contributed by atoms with van der Waals surface area (Å²) in [5, 5.41) is 12.8. The zero-order valence-electron chi connectivity index (χ0n) is 32.4. The van der Waals surface area contributed by atoms with Crippen molar-refractivity contribution in [2.75, 3.05) is 0 Å². The molecule has 0 aliphatic carbocycles. The molecule has 0 fully saturated rings. The number of benzene rings is 10. The maximum atomic E-state index is 5.40. The molecule has 0 atom stereocenters. The van der Waals surface area contributed by atoms with E-state index in [0.29, 0.717) is 11.6 Å². The molecule has 0 saturated carbocycles. The predicted molar refractivity (Wildman–Crippen MR) is 250 cm³/mol. The Morgan fingerprint density at radius 1 is 0.250 bits per heavy atom. The van der Waals surface area contributed by atoms with Crippen LogP contribution < -0.4 is 0 Å². The fraction of sp³-hybridized carbons (Fsp3) is 0. The van der Waals surface area contributed by atoms with Crippen molar-refractivity contribution in [2.45, 2.75) is 0 Å². The Bertz CT molecular complexity index is 3510. The van der Waals surface area contributed by atoms with Crippen LogP contribution in [0, 0.1) is 0 Å². The minimum Gasteiger partial charge on any atom is -0.228 e. The van der Waals surface area contributed by atoms with E-state index in [1.54, 1.807) is 0 Å². The van der Waals surface area contributed by atoms with Crippen LogP contribution in [0.4, 0.5) is 0 Å². The third kappa shape index (κ3) is 5.61. The van der Waals surface area contributed by atoms with Crippen molar-refractivity contribution >= 4 is 64.8 Å². The molecule has 0 amide bonds. The maximum absolute atomic E-state index is 5.40. The number of aromatic nitrogens is 4. The Hall–Kier alpha value is -8.08. The van der Waals surface area contributed by atoms with Gasteiger partial charge in [0.15, 0.2) is 11.6 Å². The molecule has 2 aromatic heterocycles. The molecular weight excluding hydrogens is 729 g/mol. The minimum atomic E-state index is 0.659. The second kappa shape index (κ2) is 13.8. The Morgan fingerprint density at radius 3 is 1.30 bits per heavy atom. The summed E-state index contributed by atoms with van der Waals surface area (Å²) in [7, 11) is 0. The fourth-order valence-corrected chi connectivity index (χ4v) is 8.96. The number of hydrogen-bond acceptors (Lipinski definition) is 4. The smallest absolute Gasteiger partial charge is 0.160 e. The summed E-state index contributed by atoms with van der Waals surface area (Å²) in [6.45, 7) is 0. The number of fused-ring (bicyclic) bond motifs is 9. The van der Waals surface area contributed by atoms with Gasteiger partial charge in [0.05, 0.1) is 22.6 Å². The fourth-order valence-electron chi connectivity index (χ4n) is 8.96. The second-order valence-electron chi connectivity index (χ2n) is 15.4. The lowest BCUT2D eigenvalue weighted by Gasteiger charge is -2.15. The zero-order valence-corrected chi connectivity index (χ0v) is 32.4. The van der Waals surface area contributed by atoms with E-state index in [0.717, 1.165) is 77.3 Å². The van der Waals surface area contributed by atoms with E-state index in [9.17, 15) is 0 Å². The largest absolute Gasteiger partial charge is 0.228 e. The maximum Gasteiger partial charge on any atom is 0.160 e. The first-order valence-electron chi connectivity index (χ1n) is 20.3. The van der Waals surface area contributed by atoms with Gasteiger partial charge >= 0.3 is 0 Å². The Morgan fingerprint density at radius 2 is 0.700 bits per heavy atom. The zero-order chi connectivity index (χ0) is 39.6. The predicted octanol–water partition coefficient (Wildman–Crippen LogP) is 14.5. The van der Waals surface area contributed by atoms with Gasteiger partial charge in [-0.25, -0.2) is 19.9 Å². The summed E-state index contributed by atoms with van der Waals surface area (Å²) in [6, 6.07) is 72.7. The molecule has 0 aliphatic rings. The van der Waals surface area contributed by atoms with Crippen LogP contribution in [-0.2, 0) is 0 Å². The third-order valence-corrected chi connectivity index (χ3v) is 11.9. The molecule has 0 N–H and O–H groups in total. The van der Waals surface area contributed by atoms with E-state index < -0.39 is 0 Å². The lowest BCUT2D eigenvalue weighted by molar-refractivity contribution is 1.19.